The first-order chi connectivity index (χ1) is 5.62. The molecule has 0 spiro atoms. The van der Waals surface area contributed by atoms with Crippen LogP contribution in [-0.4, -0.2) is 17.6 Å². The van der Waals surface area contributed by atoms with Crippen LogP contribution in [-0.2, 0) is 0 Å². The Bertz CT molecular complexity index is 170. The van der Waals surface area contributed by atoms with Crippen molar-refractivity contribution in [3.63, 3.8) is 0 Å². The maximum atomic E-state index is 12.7. The molecule has 0 aromatic heterocycles. The zero-order chi connectivity index (χ0) is 10.9. The lowest BCUT2D eigenvalue weighted by Gasteiger charge is -2.36. The van der Waals surface area contributed by atoms with Crippen LogP contribution in [0.4, 0.5) is 22.0 Å². The highest BCUT2D eigenvalue weighted by Gasteiger charge is 2.67. The third-order valence-corrected chi connectivity index (χ3v) is 2.24. The van der Waals surface area contributed by atoms with E-state index in [9.17, 15) is 22.0 Å². The summed E-state index contributed by atoms with van der Waals surface area (Å²) >= 11 is 0. The highest BCUT2D eigenvalue weighted by Crippen LogP contribution is 2.44. The molecule has 0 bridgehead atoms. The third-order valence-electron chi connectivity index (χ3n) is 2.24. The molecule has 0 saturated carbocycles. The topological polar surface area (TPSA) is 26.0 Å². The van der Waals surface area contributed by atoms with Crippen LogP contribution in [0.3, 0.4) is 0 Å². The van der Waals surface area contributed by atoms with Gasteiger partial charge in [0, 0.05) is 0 Å². The van der Waals surface area contributed by atoms with Gasteiger partial charge in [-0.25, -0.2) is 0 Å². The Morgan fingerprint density at radius 1 is 0.923 bits per heavy atom. The fourth-order valence-electron chi connectivity index (χ4n) is 0.976. The Morgan fingerprint density at radius 3 is 1.31 bits per heavy atom. The van der Waals surface area contributed by atoms with Gasteiger partial charge in [0.1, 0.15) is 0 Å². The molecule has 0 radical (unpaired) electrons. The van der Waals surface area contributed by atoms with Crippen LogP contribution in [0.5, 0.6) is 0 Å². The molecule has 13 heavy (non-hydrogen) atoms. The van der Waals surface area contributed by atoms with Gasteiger partial charge in [0.2, 0.25) is 0 Å². The molecule has 2 N–H and O–H groups in total. The number of halogens is 5. The lowest BCUT2D eigenvalue weighted by atomic mass is 9.86. The Morgan fingerprint density at radius 2 is 1.23 bits per heavy atom. The quantitative estimate of drug-likeness (QED) is 0.704. The van der Waals surface area contributed by atoms with Crippen molar-refractivity contribution in [2.45, 2.75) is 44.3 Å². The van der Waals surface area contributed by atoms with Gasteiger partial charge < -0.3 is 5.73 Å². The Hall–Kier alpha value is -0.390. The van der Waals surface area contributed by atoms with Crippen LogP contribution in [0.1, 0.15) is 26.7 Å². The Labute approximate surface area is 73.1 Å². The average molecular weight is 205 g/mol. The first kappa shape index (κ1) is 12.6. The number of alkyl halides is 5. The van der Waals surface area contributed by atoms with E-state index in [0.717, 1.165) is 0 Å². The van der Waals surface area contributed by atoms with Crippen molar-refractivity contribution in [3.8, 4) is 0 Å². The lowest BCUT2D eigenvalue weighted by Crippen LogP contribution is -2.62. The fraction of sp³-hybridized carbons (Fsp3) is 1.00. The first-order valence-electron chi connectivity index (χ1n) is 3.85. The van der Waals surface area contributed by atoms with Crippen LogP contribution in [0, 0.1) is 0 Å². The fourth-order valence-corrected chi connectivity index (χ4v) is 0.976. The molecule has 0 aromatic rings. The summed E-state index contributed by atoms with van der Waals surface area (Å²) in [7, 11) is 0. The molecule has 0 fully saturated rings. The summed E-state index contributed by atoms with van der Waals surface area (Å²) in [4.78, 5) is 0. The molecule has 0 aliphatic carbocycles. The molecular weight excluding hydrogens is 193 g/mol. The Kier molecular flexibility index (Phi) is 3.30. The lowest BCUT2D eigenvalue weighted by molar-refractivity contribution is -0.308. The summed E-state index contributed by atoms with van der Waals surface area (Å²) in [5.41, 5.74) is 2.50. The largest absolute Gasteiger partial charge is 0.455 e. The van der Waals surface area contributed by atoms with Gasteiger partial charge in [-0.15, -0.1) is 0 Å². The molecular formula is C7H12F5N. The van der Waals surface area contributed by atoms with E-state index >= 15 is 0 Å². The number of nitrogens with two attached hydrogens (primary N) is 1. The van der Waals surface area contributed by atoms with E-state index in [1.165, 1.54) is 13.8 Å². The monoisotopic (exact) mass is 205 g/mol. The van der Waals surface area contributed by atoms with Crippen molar-refractivity contribution in [3.05, 3.63) is 0 Å². The molecule has 6 heteroatoms. The molecule has 0 amide bonds. The van der Waals surface area contributed by atoms with Crippen molar-refractivity contribution in [1.82, 2.24) is 0 Å². The minimum Gasteiger partial charge on any atom is -0.320 e. The van der Waals surface area contributed by atoms with E-state index in [0.29, 0.717) is 0 Å². The van der Waals surface area contributed by atoms with Gasteiger partial charge in [-0.1, -0.05) is 13.8 Å². The SMILES string of the molecule is CCC(N)(CC)C(F)(F)C(F)(F)F. The highest BCUT2D eigenvalue weighted by molar-refractivity contribution is 5.00. The van der Waals surface area contributed by atoms with Crippen molar-refractivity contribution in [2.24, 2.45) is 5.73 Å². The van der Waals surface area contributed by atoms with Gasteiger partial charge in [-0.3, -0.25) is 0 Å². The smallest absolute Gasteiger partial charge is 0.320 e. The van der Waals surface area contributed by atoms with E-state index in [2.05, 4.69) is 0 Å². The first-order valence-corrected chi connectivity index (χ1v) is 3.85. The molecule has 0 saturated heterocycles. The second kappa shape index (κ2) is 3.40. The van der Waals surface area contributed by atoms with E-state index in [-0.39, 0.29) is 0 Å². The summed E-state index contributed by atoms with van der Waals surface area (Å²) in [5.74, 6) is -4.83. The van der Waals surface area contributed by atoms with Crippen LogP contribution in [0.15, 0.2) is 0 Å². The van der Waals surface area contributed by atoms with E-state index < -0.39 is 30.5 Å². The molecule has 0 aromatic carbocycles. The highest BCUT2D eigenvalue weighted by atomic mass is 19.4. The number of hydrogen-bond acceptors (Lipinski definition) is 1. The van der Waals surface area contributed by atoms with Gasteiger partial charge >= 0.3 is 12.1 Å². The minimum atomic E-state index is -5.58. The Balaban J connectivity index is 5.00. The van der Waals surface area contributed by atoms with E-state index in [4.69, 9.17) is 5.73 Å². The third kappa shape index (κ3) is 1.92. The molecule has 80 valence electrons. The van der Waals surface area contributed by atoms with Gasteiger partial charge in [0.25, 0.3) is 0 Å². The maximum absolute atomic E-state index is 12.7. The molecule has 0 rings (SSSR count). The summed E-state index contributed by atoms with van der Waals surface area (Å²) in [6.07, 6.45) is -6.42. The van der Waals surface area contributed by atoms with E-state index in [1.807, 2.05) is 0 Å². The molecule has 0 aliphatic rings. The van der Waals surface area contributed by atoms with Crippen molar-refractivity contribution in [1.29, 1.82) is 0 Å². The molecule has 1 nitrogen and oxygen atoms in total. The summed E-state index contributed by atoms with van der Waals surface area (Å²) < 4.78 is 61.1. The van der Waals surface area contributed by atoms with Crippen molar-refractivity contribution >= 4 is 0 Å². The van der Waals surface area contributed by atoms with Gasteiger partial charge in [-0.2, -0.15) is 22.0 Å². The predicted octanol–water partition coefficient (Wildman–Crippen LogP) is 2.70. The minimum absolute atomic E-state index is 0.421. The standard InChI is InChI=1S/C7H12F5N/c1-3-5(13,4-2)6(8,9)7(10,11)12/h3-4,13H2,1-2H3. The maximum Gasteiger partial charge on any atom is 0.455 e. The predicted molar refractivity (Wildman–Crippen MR) is 38.5 cm³/mol. The van der Waals surface area contributed by atoms with Gasteiger partial charge in [-0.05, 0) is 12.8 Å². The summed E-state index contributed by atoms with van der Waals surface area (Å²) in [5, 5.41) is 0. The second-order valence-corrected chi connectivity index (χ2v) is 2.94. The summed E-state index contributed by atoms with van der Waals surface area (Å²) in [6, 6.07) is 0. The van der Waals surface area contributed by atoms with Gasteiger partial charge in [0.15, 0.2) is 0 Å². The molecule has 0 atom stereocenters. The molecule has 0 aliphatic heterocycles. The van der Waals surface area contributed by atoms with Gasteiger partial charge in [0.05, 0.1) is 5.54 Å². The number of hydrogen-bond donors (Lipinski definition) is 1. The second-order valence-electron chi connectivity index (χ2n) is 2.94. The molecule has 0 heterocycles. The van der Waals surface area contributed by atoms with Crippen LogP contribution in [0.2, 0.25) is 0 Å². The normalized spacial score (nSPS) is 14.8. The summed E-state index contributed by atoms with van der Waals surface area (Å²) in [6.45, 7) is 2.42. The zero-order valence-corrected chi connectivity index (χ0v) is 7.38. The van der Waals surface area contributed by atoms with E-state index in [1.54, 1.807) is 0 Å². The van der Waals surface area contributed by atoms with Crippen LogP contribution < -0.4 is 5.73 Å². The van der Waals surface area contributed by atoms with Crippen LogP contribution >= 0.6 is 0 Å². The number of rotatable bonds is 3. The van der Waals surface area contributed by atoms with Crippen molar-refractivity contribution in [2.75, 3.05) is 0 Å². The average Bonchev–Trinajstić information content (AvgIpc) is 2.00. The zero-order valence-electron chi connectivity index (χ0n) is 7.38. The van der Waals surface area contributed by atoms with Crippen molar-refractivity contribution < 1.29 is 22.0 Å². The molecule has 0 unspecified atom stereocenters. The van der Waals surface area contributed by atoms with Crippen LogP contribution in [0.25, 0.3) is 0 Å².